The molecule has 0 heterocycles. The van der Waals surface area contributed by atoms with E-state index in [0.29, 0.717) is 24.3 Å². The summed E-state index contributed by atoms with van der Waals surface area (Å²) in [6.45, 7) is 12.4. The Hall–Kier alpha value is -1.20. The predicted molar refractivity (Wildman–Crippen MR) is 121 cm³/mol. The van der Waals surface area contributed by atoms with Gasteiger partial charge < -0.3 is 20.1 Å². The number of allylic oxidation sites excluding steroid dienone is 5. The lowest BCUT2D eigenvalue weighted by molar-refractivity contribution is -0.224. The van der Waals surface area contributed by atoms with Gasteiger partial charge in [0.1, 0.15) is 0 Å². The lowest BCUT2D eigenvalue weighted by Crippen LogP contribution is -2.42. The molecule has 168 valence electrons. The Labute approximate surface area is 182 Å². The van der Waals surface area contributed by atoms with Crippen LogP contribution in [-0.4, -0.2) is 39.4 Å². The molecule has 0 aliphatic heterocycles. The molecule has 3 aliphatic carbocycles. The highest BCUT2D eigenvalue weighted by Crippen LogP contribution is 2.55. The highest BCUT2D eigenvalue weighted by molar-refractivity contribution is 5.40. The lowest BCUT2D eigenvalue weighted by atomic mass is 9.64. The quantitative estimate of drug-likeness (QED) is 0.423. The van der Waals surface area contributed by atoms with E-state index >= 15 is 0 Å². The highest BCUT2D eigenvalue weighted by Gasteiger charge is 2.44. The zero-order valence-corrected chi connectivity index (χ0v) is 19.2. The molecule has 3 rings (SSSR count). The molecule has 0 aromatic carbocycles. The van der Waals surface area contributed by atoms with E-state index in [4.69, 9.17) is 4.74 Å². The Balaban J connectivity index is 1.75. The van der Waals surface area contributed by atoms with Crippen LogP contribution >= 0.6 is 0 Å². The average Bonchev–Trinajstić information content (AvgIpc) is 2.99. The number of rotatable bonds is 6. The second-order valence-corrected chi connectivity index (χ2v) is 10.4. The summed E-state index contributed by atoms with van der Waals surface area (Å²) >= 11 is 0. The standard InChI is InChI=1S/C26H40O4/c1-6-21-11-12-22-19(8-7-13-25(21,22)5)9-10-20-16-26(29,17-23(27)18(20)2)30-15-14-24(3,4)28/h9-11,22-23,27-29H,2,6-8,12-17H2,1,3-5H3/t22-,23+,25-,26+/m1/s1. The van der Waals surface area contributed by atoms with Gasteiger partial charge >= 0.3 is 0 Å². The smallest absolute Gasteiger partial charge is 0.172 e. The monoisotopic (exact) mass is 416 g/mol. The van der Waals surface area contributed by atoms with E-state index in [9.17, 15) is 15.3 Å². The van der Waals surface area contributed by atoms with Crippen LogP contribution in [0.25, 0.3) is 0 Å². The number of aliphatic hydroxyl groups is 3. The Morgan fingerprint density at radius 2 is 2.07 bits per heavy atom. The van der Waals surface area contributed by atoms with Crippen molar-refractivity contribution in [3.63, 3.8) is 0 Å². The first kappa shape index (κ1) is 23.5. The molecule has 4 atom stereocenters. The average molecular weight is 417 g/mol. The topological polar surface area (TPSA) is 69.9 Å². The van der Waals surface area contributed by atoms with Gasteiger partial charge in [-0.3, -0.25) is 0 Å². The van der Waals surface area contributed by atoms with Crippen LogP contribution in [0.2, 0.25) is 0 Å². The van der Waals surface area contributed by atoms with Gasteiger partial charge in [-0.05, 0) is 74.9 Å². The maximum Gasteiger partial charge on any atom is 0.172 e. The summed E-state index contributed by atoms with van der Waals surface area (Å²) in [6, 6.07) is 0. The summed E-state index contributed by atoms with van der Waals surface area (Å²) in [5.41, 5.74) is 4.01. The maximum absolute atomic E-state index is 10.9. The van der Waals surface area contributed by atoms with Crippen molar-refractivity contribution in [3.05, 3.63) is 47.1 Å². The summed E-state index contributed by atoms with van der Waals surface area (Å²) < 4.78 is 5.73. The summed E-state index contributed by atoms with van der Waals surface area (Å²) in [7, 11) is 0. The molecule has 0 aromatic rings. The third-order valence-electron chi connectivity index (χ3n) is 7.47. The van der Waals surface area contributed by atoms with Crippen LogP contribution in [0.1, 0.15) is 79.1 Å². The first-order valence-electron chi connectivity index (χ1n) is 11.5. The van der Waals surface area contributed by atoms with Crippen LogP contribution in [0.4, 0.5) is 0 Å². The Kier molecular flexibility index (Phi) is 6.83. The van der Waals surface area contributed by atoms with Crippen LogP contribution in [0.15, 0.2) is 47.1 Å². The van der Waals surface area contributed by atoms with Gasteiger partial charge in [0.2, 0.25) is 0 Å². The fraction of sp³-hybridized carbons (Fsp3) is 0.692. The molecule has 3 N–H and O–H groups in total. The van der Waals surface area contributed by atoms with Gasteiger partial charge in [0.05, 0.1) is 18.3 Å². The van der Waals surface area contributed by atoms with E-state index in [-0.39, 0.29) is 18.4 Å². The molecule has 0 aromatic heterocycles. The van der Waals surface area contributed by atoms with Crippen LogP contribution < -0.4 is 0 Å². The molecule has 3 aliphatic rings. The Morgan fingerprint density at radius 1 is 1.33 bits per heavy atom. The van der Waals surface area contributed by atoms with Crippen molar-refractivity contribution >= 4 is 0 Å². The summed E-state index contributed by atoms with van der Waals surface area (Å²) in [5, 5.41) is 31.3. The normalized spacial score (nSPS) is 37.6. The van der Waals surface area contributed by atoms with Gasteiger partial charge in [0.15, 0.2) is 5.79 Å². The van der Waals surface area contributed by atoms with E-state index in [1.807, 2.05) is 6.08 Å². The van der Waals surface area contributed by atoms with Crippen LogP contribution in [-0.2, 0) is 4.74 Å². The molecule has 4 heteroatoms. The van der Waals surface area contributed by atoms with Crippen molar-refractivity contribution in [2.75, 3.05) is 6.61 Å². The third kappa shape index (κ3) is 4.99. The highest BCUT2D eigenvalue weighted by atomic mass is 16.6. The fourth-order valence-electron chi connectivity index (χ4n) is 5.55. The van der Waals surface area contributed by atoms with Crippen molar-refractivity contribution in [2.45, 2.75) is 96.6 Å². The van der Waals surface area contributed by atoms with Gasteiger partial charge in [-0.1, -0.05) is 49.8 Å². The van der Waals surface area contributed by atoms with Crippen LogP contribution in [0, 0.1) is 11.3 Å². The van der Waals surface area contributed by atoms with Crippen molar-refractivity contribution < 1.29 is 20.1 Å². The molecule has 0 bridgehead atoms. The van der Waals surface area contributed by atoms with E-state index < -0.39 is 17.5 Å². The Bertz CT molecular complexity index is 753. The first-order valence-corrected chi connectivity index (χ1v) is 11.5. The number of hydrogen-bond acceptors (Lipinski definition) is 4. The molecule has 0 amide bonds. The minimum atomic E-state index is -1.43. The van der Waals surface area contributed by atoms with Crippen molar-refractivity contribution in [1.29, 1.82) is 0 Å². The van der Waals surface area contributed by atoms with Gasteiger partial charge in [-0.2, -0.15) is 0 Å². The first-order chi connectivity index (χ1) is 14.0. The molecular formula is C26H40O4. The lowest BCUT2D eigenvalue weighted by Gasteiger charge is -2.41. The van der Waals surface area contributed by atoms with Gasteiger partial charge in [-0.15, -0.1) is 0 Å². The largest absolute Gasteiger partial charge is 0.390 e. The molecule has 4 nitrogen and oxygen atoms in total. The van der Waals surface area contributed by atoms with Gasteiger partial charge in [0, 0.05) is 12.8 Å². The zero-order valence-electron chi connectivity index (χ0n) is 19.2. The van der Waals surface area contributed by atoms with Crippen LogP contribution in [0.3, 0.4) is 0 Å². The molecule has 0 spiro atoms. The Morgan fingerprint density at radius 3 is 2.73 bits per heavy atom. The minimum absolute atomic E-state index is 0.107. The molecule has 30 heavy (non-hydrogen) atoms. The summed E-state index contributed by atoms with van der Waals surface area (Å²) in [4.78, 5) is 0. The molecule has 2 fully saturated rings. The zero-order chi connectivity index (χ0) is 22.2. The van der Waals surface area contributed by atoms with Gasteiger partial charge in [-0.25, -0.2) is 0 Å². The molecule has 2 saturated carbocycles. The second-order valence-electron chi connectivity index (χ2n) is 10.4. The van der Waals surface area contributed by atoms with E-state index in [2.05, 4.69) is 32.6 Å². The minimum Gasteiger partial charge on any atom is -0.390 e. The predicted octanol–water partition coefficient (Wildman–Crippen LogP) is 4.96. The fourth-order valence-corrected chi connectivity index (χ4v) is 5.55. The molecule has 0 unspecified atom stereocenters. The number of hydrogen-bond donors (Lipinski definition) is 3. The molecular weight excluding hydrogens is 376 g/mol. The number of fused-ring (bicyclic) bond motifs is 1. The number of ether oxygens (including phenoxy) is 1. The van der Waals surface area contributed by atoms with E-state index in [1.165, 1.54) is 18.4 Å². The molecule has 0 saturated heterocycles. The third-order valence-corrected chi connectivity index (χ3v) is 7.47. The van der Waals surface area contributed by atoms with Crippen molar-refractivity contribution in [2.24, 2.45) is 11.3 Å². The second kappa shape index (κ2) is 8.74. The molecule has 0 radical (unpaired) electrons. The van der Waals surface area contributed by atoms with Crippen molar-refractivity contribution in [1.82, 2.24) is 0 Å². The summed E-state index contributed by atoms with van der Waals surface area (Å²) in [6.07, 6.45) is 12.5. The van der Waals surface area contributed by atoms with Gasteiger partial charge in [0.25, 0.3) is 0 Å². The van der Waals surface area contributed by atoms with Crippen molar-refractivity contribution in [3.8, 4) is 0 Å². The SMILES string of the molecule is C=C1C(=CC=C2CCC[C@]3(C)C(CC)=CC[C@H]23)C[C@](O)(OCCC(C)(C)O)C[C@@H]1O. The maximum atomic E-state index is 10.9. The van der Waals surface area contributed by atoms with E-state index in [0.717, 1.165) is 24.8 Å². The number of aliphatic hydroxyl groups excluding tert-OH is 1. The summed E-state index contributed by atoms with van der Waals surface area (Å²) in [5.74, 6) is -0.872. The van der Waals surface area contributed by atoms with Crippen LogP contribution in [0.5, 0.6) is 0 Å². The van der Waals surface area contributed by atoms with E-state index in [1.54, 1.807) is 19.4 Å².